The maximum absolute atomic E-state index is 12.6. The summed E-state index contributed by atoms with van der Waals surface area (Å²) in [6.45, 7) is 0.587. The summed E-state index contributed by atoms with van der Waals surface area (Å²) in [7, 11) is 0. The van der Waals surface area contributed by atoms with E-state index in [4.69, 9.17) is 11.6 Å². The standard InChI is InChI=1S/C19H25ClN2O2/c20-14-8-10-16(11-9-14)22-13-12-17(19(22)24)18(23)21-15-6-4-2-1-3-5-7-15/h8-11,15,17H,1-7,12-13H2,(H,21,23)/t17-/m1/s1. The second-order valence-electron chi connectivity index (χ2n) is 6.86. The third kappa shape index (κ3) is 4.10. The van der Waals surface area contributed by atoms with Crippen molar-refractivity contribution in [2.24, 2.45) is 5.92 Å². The zero-order valence-electron chi connectivity index (χ0n) is 14.0. The molecule has 1 saturated heterocycles. The van der Waals surface area contributed by atoms with Crippen molar-refractivity contribution in [3.63, 3.8) is 0 Å². The summed E-state index contributed by atoms with van der Waals surface area (Å²) >= 11 is 5.90. The highest BCUT2D eigenvalue weighted by molar-refractivity contribution is 6.30. The number of nitrogens with one attached hydrogen (secondary N) is 1. The molecule has 0 unspecified atom stereocenters. The van der Waals surface area contributed by atoms with Crippen LogP contribution >= 0.6 is 11.6 Å². The lowest BCUT2D eigenvalue weighted by Crippen LogP contribution is -2.42. The van der Waals surface area contributed by atoms with E-state index in [1.807, 2.05) is 12.1 Å². The number of hydrogen-bond acceptors (Lipinski definition) is 2. The van der Waals surface area contributed by atoms with Gasteiger partial charge in [-0.15, -0.1) is 0 Å². The van der Waals surface area contributed by atoms with Crippen LogP contribution in [-0.2, 0) is 9.59 Å². The Morgan fingerprint density at radius 2 is 1.62 bits per heavy atom. The highest BCUT2D eigenvalue weighted by Gasteiger charge is 2.38. The summed E-state index contributed by atoms with van der Waals surface area (Å²) in [4.78, 5) is 26.9. The van der Waals surface area contributed by atoms with Gasteiger partial charge in [0.05, 0.1) is 0 Å². The van der Waals surface area contributed by atoms with Crippen LogP contribution in [0.2, 0.25) is 5.02 Å². The van der Waals surface area contributed by atoms with E-state index >= 15 is 0 Å². The molecular formula is C19H25ClN2O2. The van der Waals surface area contributed by atoms with Gasteiger partial charge >= 0.3 is 0 Å². The fourth-order valence-electron chi connectivity index (χ4n) is 3.70. The van der Waals surface area contributed by atoms with E-state index in [2.05, 4.69) is 5.32 Å². The Morgan fingerprint density at radius 1 is 1.00 bits per heavy atom. The molecule has 1 aliphatic carbocycles. The molecule has 130 valence electrons. The van der Waals surface area contributed by atoms with Crippen molar-refractivity contribution in [1.82, 2.24) is 5.32 Å². The van der Waals surface area contributed by atoms with Crippen molar-refractivity contribution in [3.05, 3.63) is 29.3 Å². The number of rotatable bonds is 3. The van der Waals surface area contributed by atoms with Gasteiger partial charge in [0.15, 0.2) is 0 Å². The van der Waals surface area contributed by atoms with E-state index in [-0.39, 0.29) is 17.9 Å². The Kier molecular flexibility index (Phi) is 5.77. The molecule has 1 aromatic rings. The molecule has 3 rings (SSSR count). The van der Waals surface area contributed by atoms with Crippen LogP contribution in [0.3, 0.4) is 0 Å². The van der Waals surface area contributed by atoms with E-state index in [1.54, 1.807) is 17.0 Å². The Bertz CT molecular complexity index is 580. The highest BCUT2D eigenvalue weighted by Crippen LogP contribution is 2.27. The van der Waals surface area contributed by atoms with Crippen molar-refractivity contribution in [3.8, 4) is 0 Å². The van der Waals surface area contributed by atoms with Gasteiger partial charge in [0.1, 0.15) is 5.92 Å². The highest BCUT2D eigenvalue weighted by atomic mass is 35.5. The first-order chi connectivity index (χ1) is 11.6. The van der Waals surface area contributed by atoms with E-state index in [0.29, 0.717) is 18.0 Å². The van der Waals surface area contributed by atoms with Crippen molar-refractivity contribution in [2.75, 3.05) is 11.4 Å². The Balaban J connectivity index is 1.59. The van der Waals surface area contributed by atoms with Crippen LogP contribution in [0.15, 0.2) is 24.3 Å². The van der Waals surface area contributed by atoms with Gasteiger partial charge in [-0.2, -0.15) is 0 Å². The molecule has 5 heteroatoms. The number of carbonyl (C=O) groups is 2. The monoisotopic (exact) mass is 348 g/mol. The normalized spacial score (nSPS) is 23.0. The lowest BCUT2D eigenvalue weighted by molar-refractivity contribution is -0.132. The second-order valence-corrected chi connectivity index (χ2v) is 7.29. The molecule has 0 spiro atoms. The molecule has 1 aromatic carbocycles. The summed E-state index contributed by atoms with van der Waals surface area (Å²) in [5.41, 5.74) is 0.811. The molecule has 4 nitrogen and oxygen atoms in total. The largest absolute Gasteiger partial charge is 0.353 e. The molecule has 0 bridgehead atoms. The third-order valence-electron chi connectivity index (χ3n) is 5.11. The summed E-state index contributed by atoms with van der Waals surface area (Å²) in [5, 5.41) is 3.78. The van der Waals surface area contributed by atoms with Crippen molar-refractivity contribution in [2.45, 2.75) is 57.4 Å². The van der Waals surface area contributed by atoms with Crippen LogP contribution in [0.25, 0.3) is 0 Å². The van der Waals surface area contributed by atoms with Crippen LogP contribution in [0.1, 0.15) is 51.4 Å². The predicted molar refractivity (Wildman–Crippen MR) is 96.2 cm³/mol. The average Bonchev–Trinajstić information content (AvgIpc) is 2.92. The van der Waals surface area contributed by atoms with E-state index in [9.17, 15) is 9.59 Å². The molecule has 2 amide bonds. The first-order valence-electron chi connectivity index (χ1n) is 9.02. The summed E-state index contributed by atoms with van der Waals surface area (Å²) in [6.07, 6.45) is 8.79. The van der Waals surface area contributed by atoms with Crippen LogP contribution in [-0.4, -0.2) is 24.4 Å². The fraction of sp³-hybridized carbons (Fsp3) is 0.579. The zero-order valence-corrected chi connectivity index (χ0v) is 14.7. The third-order valence-corrected chi connectivity index (χ3v) is 5.36. The lowest BCUT2D eigenvalue weighted by Gasteiger charge is -2.22. The smallest absolute Gasteiger partial charge is 0.239 e. The Labute approximate surface area is 148 Å². The topological polar surface area (TPSA) is 49.4 Å². The van der Waals surface area contributed by atoms with Crippen molar-refractivity contribution in [1.29, 1.82) is 0 Å². The molecule has 24 heavy (non-hydrogen) atoms. The SMILES string of the molecule is O=C(NC1CCCCCCC1)[C@H]1CCN(c2ccc(Cl)cc2)C1=O. The Morgan fingerprint density at radius 3 is 2.29 bits per heavy atom. The number of halogens is 1. The van der Waals surface area contributed by atoms with Gasteiger partial charge in [-0.05, 0) is 43.5 Å². The molecule has 1 N–H and O–H groups in total. The number of hydrogen-bond donors (Lipinski definition) is 1. The summed E-state index contributed by atoms with van der Waals surface area (Å²) in [6, 6.07) is 7.43. The first kappa shape index (κ1) is 17.3. The quantitative estimate of drug-likeness (QED) is 0.841. The van der Waals surface area contributed by atoms with Crippen LogP contribution in [0.5, 0.6) is 0 Å². The number of anilines is 1. The van der Waals surface area contributed by atoms with Gasteiger partial charge in [0.25, 0.3) is 0 Å². The molecule has 1 saturated carbocycles. The number of benzene rings is 1. The molecule has 2 aliphatic rings. The maximum atomic E-state index is 12.6. The molecule has 0 aromatic heterocycles. The molecule has 0 radical (unpaired) electrons. The van der Waals surface area contributed by atoms with Crippen molar-refractivity contribution >= 4 is 29.1 Å². The lowest BCUT2D eigenvalue weighted by atomic mass is 9.96. The number of nitrogens with zero attached hydrogens (tertiary/aromatic N) is 1. The average molecular weight is 349 g/mol. The Hall–Kier alpha value is -1.55. The van der Waals surface area contributed by atoms with E-state index in [0.717, 1.165) is 18.5 Å². The zero-order chi connectivity index (χ0) is 16.9. The molecular weight excluding hydrogens is 324 g/mol. The summed E-state index contributed by atoms with van der Waals surface area (Å²) in [5.74, 6) is -0.742. The minimum Gasteiger partial charge on any atom is -0.353 e. The van der Waals surface area contributed by atoms with Gasteiger partial charge in [0.2, 0.25) is 11.8 Å². The van der Waals surface area contributed by atoms with Gasteiger partial charge in [0, 0.05) is 23.3 Å². The van der Waals surface area contributed by atoms with E-state index < -0.39 is 5.92 Å². The molecule has 1 heterocycles. The number of carbonyl (C=O) groups excluding carboxylic acids is 2. The van der Waals surface area contributed by atoms with Gasteiger partial charge in [-0.25, -0.2) is 0 Å². The molecule has 2 fully saturated rings. The minimum absolute atomic E-state index is 0.0953. The first-order valence-corrected chi connectivity index (χ1v) is 9.40. The van der Waals surface area contributed by atoms with Crippen LogP contribution in [0, 0.1) is 5.92 Å². The molecule has 1 atom stereocenters. The van der Waals surface area contributed by atoms with Crippen LogP contribution < -0.4 is 10.2 Å². The second kappa shape index (κ2) is 8.02. The maximum Gasteiger partial charge on any atom is 0.239 e. The van der Waals surface area contributed by atoms with E-state index in [1.165, 1.54) is 32.1 Å². The number of amides is 2. The van der Waals surface area contributed by atoms with Crippen LogP contribution in [0.4, 0.5) is 5.69 Å². The van der Waals surface area contributed by atoms with Gasteiger partial charge < -0.3 is 10.2 Å². The van der Waals surface area contributed by atoms with Crippen molar-refractivity contribution < 1.29 is 9.59 Å². The molecule has 1 aliphatic heterocycles. The predicted octanol–water partition coefficient (Wildman–Crippen LogP) is 3.92. The van der Waals surface area contributed by atoms with Gasteiger partial charge in [-0.1, -0.05) is 43.7 Å². The fourth-order valence-corrected chi connectivity index (χ4v) is 3.83. The summed E-state index contributed by atoms with van der Waals surface area (Å²) < 4.78 is 0. The van der Waals surface area contributed by atoms with Gasteiger partial charge in [-0.3, -0.25) is 9.59 Å². The minimum atomic E-state index is -0.550.